The second-order valence-corrected chi connectivity index (χ2v) is 9.01. The lowest BCUT2D eigenvalue weighted by molar-refractivity contribution is -0.117. The predicted octanol–water partition coefficient (Wildman–Crippen LogP) is 2.93. The van der Waals surface area contributed by atoms with Gasteiger partial charge in [0.15, 0.2) is 11.5 Å². The van der Waals surface area contributed by atoms with Gasteiger partial charge in [0.05, 0.1) is 25.3 Å². The largest absolute Gasteiger partial charge is 0.378 e. The van der Waals surface area contributed by atoms with Crippen LogP contribution in [0.3, 0.4) is 0 Å². The lowest BCUT2D eigenvalue weighted by Gasteiger charge is -2.48. The normalized spacial score (nSPS) is 22.9. The maximum absolute atomic E-state index is 13.3. The summed E-state index contributed by atoms with van der Waals surface area (Å²) in [4.78, 5) is 27.3. The molecule has 7 nitrogen and oxygen atoms in total. The maximum atomic E-state index is 13.3. The number of morpholine rings is 1. The second-order valence-electron chi connectivity index (χ2n) is 9.01. The molecule has 0 saturated carbocycles. The highest BCUT2D eigenvalue weighted by Gasteiger charge is 2.39. The van der Waals surface area contributed by atoms with Crippen molar-refractivity contribution < 1.29 is 18.7 Å². The Kier molecular flexibility index (Phi) is 5.95. The highest BCUT2D eigenvalue weighted by molar-refractivity contribution is 6.05. The molecule has 5 rings (SSSR count). The zero-order chi connectivity index (χ0) is 22.9. The number of nitrogens with one attached hydrogen (secondary N) is 1. The number of ether oxygens (including phenoxy) is 1. The second kappa shape index (κ2) is 9.03. The van der Waals surface area contributed by atoms with Crippen molar-refractivity contribution in [3.8, 4) is 0 Å². The number of hydrogen-bond donors (Lipinski definition) is 1. The van der Waals surface area contributed by atoms with Gasteiger partial charge in [-0.3, -0.25) is 19.2 Å². The molecule has 3 heterocycles. The number of amides is 1. The molecule has 2 unspecified atom stereocenters. The molecular weight excluding hydrogens is 423 g/mol. The van der Waals surface area contributed by atoms with Crippen molar-refractivity contribution in [1.82, 2.24) is 20.0 Å². The Labute approximate surface area is 191 Å². The monoisotopic (exact) mass is 450 g/mol. The molecule has 1 N–H and O–H groups in total. The summed E-state index contributed by atoms with van der Waals surface area (Å²) in [5.74, 6) is -0.469. The summed E-state index contributed by atoms with van der Waals surface area (Å²) in [6.07, 6.45) is 1.55. The average Bonchev–Trinajstić information content (AvgIpc) is 3.14. The van der Waals surface area contributed by atoms with Crippen molar-refractivity contribution in [1.29, 1.82) is 0 Å². The first-order valence-electron chi connectivity index (χ1n) is 11.3. The number of nitrogens with zero attached hydrogens (tertiary/aromatic N) is 3. The van der Waals surface area contributed by atoms with Gasteiger partial charge in [-0.25, -0.2) is 4.39 Å². The van der Waals surface area contributed by atoms with E-state index in [9.17, 15) is 14.0 Å². The number of benzene rings is 2. The van der Waals surface area contributed by atoms with Crippen LogP contribution in [-0.2, 0) is 22.6 Å². The molecule has 2 saturated heterocycles. The Balaban J connectivity index is 1.30. The molecule has 3 aromatic rings. The number of para-hydroxylation sites is 1. The van der Waals surface area contributed by atoms with Crippen molar-refractivity contribution >= 4 is 22.6 Å². The molecule has 2 aliphatic rings. The van der Waals surface area contributed by atoms with Crippen molar-refractivity contribution in [2.24, 2.45) is 0 Å². The van der Waals surface area contributed by atoms with Crippen LogP contribution in [0.25, 0.3) is 10.9 Å². The Hall–Kier alpha value is -3.10. The number of hydrogen-bond acceptors (Lipinski definition) is 5. The molecule has 2 atom stereocenters. The predicted molar refractivity (Wildman–Crippen MR) is 121 cm³/mol. The minimum atomic E-state index is -0.234. The van der Waals surface area contributed by atoms with Crippen LogP contribution >= 0.6 is 0 Å². The van der Waals surface area contributed by atoms with Crippen molar-refractivity contribution in [2.45, 2.75) is 51.0 Å². The Morgan fingerprint density at radius 2 is 1.79 bits per heavy atom. The van der Waals surface area contributed by atoms with Crippen molar-refractivity contribution in [3.63, 3.8) is 0 Å². The van der Waals surface area contributed by atoms with E-state index in [1.165, 1.54) is 19.1 Å². The summed E-state index contributed by atoms with van der Waals surface area (Å²) in [7, 11) is 0. The van der Waals surface area contributed by atoms with Gasteiger partial charge >= 0.3 is 0 Å². The fraction of sp³-hybridized carbons (Fsp3) is 0.400. The first kappa shape index (κ1) is 21.7. The van der Waals surface area contributed by atoms with Gasteiger partial charge in [-0.2, -0.15) is 5.10 Å². The minimum absolute atomic E-state index is 0.0117. The van der Waals surface area contributed by atoms with Gasteiger partial charge in [0.25, 0.3) is 5.91 Å². The third-order valence-corrected chi connectivity index (χ3v) is 6.53. The zero-order valence-electron chi connectivity index (χ0n) is 18.5. The first-order valence-corrected chi connectivity index (χ1v) is 11.3. The summed E-state index contributed by atoms with van der Waals surface area (Å²) in [5, 5.41) is 8.39. The van der Waals surface area contributed by atoms with E-state index < -0.39 is 0 Å². The first-order chi connectivity index (χ1) is 16.0. The van der Waals surface area contributed by atoms with E-state index >= 15 is 0 Å². The summed E-state index contributed by atoms with van der Waals surface area (Å²) >= 11 is 0. The highest BCUT2D eigenvalue weighted by atomic mass is 19.1. The van der Waals surface area contributed by atoms with Gasteiger partial charge in [0.2, 0.25) is 0 Å². The maximum Gasteiger partial charge on any atom is 0.272 e. The van der Waals surface area contributed by atoms with E-state index in [2.05, 4.69) is 15.3 Å². The Morgan fingerprint density at radius 1 is 1.09 bits per heavy atom. The molecule has 1 aromatic heterocycles. The summed E-state index contributed by atoms with van der Waals surface area (Å²) in [5.41, 5.74) is 2.19. The van der Waals surface area contributed by atoms with Gasteiger partial charge in [-0.1, -0.05) is 30.3 Å². The van der Waals surface area contributed by atoms with Gasteiger partial charge in [-0.15, -0.1) is 0 Å². The molecule has 2 bridgehead atoms. The van der Waals surface area contributed by atoms with Gasteiger partial charge in [-0.05, 0) is 43.5 Å². The van der Waals surface area contributed by atoms with Crippen molar-refractivity contribution in [2.75, 3.05) is 13.2 Å². The fourth-order valence-corrected chi connectivity index (χ4v) is 5.05. The fourth-order valence-electron chi connectivity index (χ4n) is 5.05. The summed E-state index contributed by atoms with van der Waals surface area (Å²) in [6.45, 7) is 3.61. The standard InChI is InChI=1S/C25H27FN4O3/c1-16(31)12-30-23-5-3-2-4-22(23)24(28-30)25(32)27-19-10-20-14-33-15-21(11-19)29(20)13-17-6-8-18(26)9-7-17/h2-9,19-21H,10-15H2,1H3,(H,27,32). The van der Waals surface area contributed by atoms with E-state index in [1.807, 2.05) is 36.4 Å². The molecule has 1 amide bonds. The average molecular weight is 451 g/mol. The number of rotatable bonds is 6. The number of ketones is 1. The molecule has 0 aliphatic carbocycles. The smallest absolute Gasteiger partial charge is 0.272 e. The number of carbonyl (C=O) groups is 2. The van der Waals surface area contributed by atoms with E-state index in [4.69, 9.17) is 4.74 Å². The number of carbonyl (C=O) groups excluding carboxylic acids is 2. The molecule has 8 heteroatoms. The molecule has 2 aliphatic heterocycles. The molecule has 0 spiro atoms. The third-order valence-electron chi connectivity index (χ3n) is 6.53. The number of halogens is 1. The van der Waals surface area contributed by atoms with E-state index in [0.717, 1.165) is 35.9 Å². The summed E-state index contributed by atoms with van der Waals surface area (Å²) < 4.78 is 20.7. The van der Waals surface area contributed by atoms with Crippen LogP contribution in [0.15, 0.2) is 48.5 Å². The van der Waals surface area contributed by atoms with Gasteiger partial charge in [0, 0.05) is 30.1 Å². The van der Waals surface area contributed by atoms with Crippen LogP contribution in [0.4, 0.5) is 4.39 Å². The van der Waals surface area contributed by atoms with Gasteiger partial charge < -0.3 is 10.1 Å². The molecule has 0 radical (unpaired) electrons. The lowest BCUT2D eigenvalue weighted by Crippen LogP contribution is -2.60. The van der Waals surface area contributed by atoms with Crippen LogP contribution in [0.1, 0.15) is 35.8 Å². The number of aromatic nitrogens is 2. The molecule has 2 aromatic carbocycles. The number of piperidine rings is 1. The van der Waals surface area contributed by atoms with Crippen LogP contribution in [0.5, 0.6) is 0 Å². The zero-order valence-corrected chi connectivity index (χ0v) is 18.5. The SMILES string of the molecule is CC(=O)Cn1nc(C(=O)NC2CC3COCC(C2)N3Cc2ccc(F)cc2)c2ccccc21. The summed E-state index contributed by atoms with van der Waals surface area (Å²) in [6, 6.07) is 14.5. The Bertz CT molecular complexity index is 1160. The number of Topliss-reactive ketones (excluding diaryl/α,β-unsaturated/α-hetero) is 1. The topological polar surface area (TPSA) is 76.5 Å². The van der Waals surface area contributed by atoms with Crippen LogP contribution < -0.4 is 5.32 Å². The van der Waals surface area contributed by atoms with E-state index in [0.29, 0.717) is 18.9 Å². The molecular formula is C25H27FN4O3. The lowest BCUT2D eigenvalue weighted by atomic mass is 9.89. The highest BCUT2D eigenvalue weighted by Crippen LogP contribution is 2.30. The van der Waals surface area contributed by atoms with Crippen LogP contribution in [-0.4, -0.2) is 57.7 Å². The molecule has 172 valence electrons. The molecule has 2 fully saturated rings. The quantitative estimate of drug-likeness (QED) is 0.625. The molecule has 33 heavy (non-hydrogen) atoms. The minimum Gasteiger partial charge on any atom is -0.378 e. The van der Waals surface area contributed by atoms with Gasteiger partial charge in [0.1, 0.15) is 5.82 Å². The van der Waals surface area contributed by atoms with Crippen molar-refractivity contribution in [3.05, 3.63) is 65.6 Å². The van der Waals surface area contributed by atoms with E-state index in [1.54, 1.807) is 4.68 Å². The van der Waals surface area contributed by atoms with Crippen LogP contribution in [0, 0.1) is 5.82 Å². The Morgan fingerprint density at radius 3 is 2.48 bits per heavy atom. The van der Waals surface area contributed by atoms with E-state index in [-0.39, 0.29) is 42.2 Å². The van der Waals surface area contributed by atoms with Crippen LogP contribution in [0.2, 0.25) is 0 Å². The number of fused-ring (bicyclic) bond motifs is 3. The third kappa shape index (κ3) is 4.54.